The van der Waals surface area contributed by atoms with Crippen molar-refractivity contribution in [3.05, 3.63) is 60.3 Å². The molecule has 3 rings (SSSR count). The first-order valence-corrected chi connectivity index (χ1v) is 10.1. The third kappa shape index (κ3) is 5.72. The summed E-state index contributed by atoms with van der Waals surface area (Å²) in [6.45, 7) is 1.42. The van der Waals surface area contributed by atoms with Gasteiger partial charge in [0.15, 0.2) is 5.82 Å². The van der Waals surface area contributed by atoms with Gasteiger partial charge in [-0.3, -0.25) is 10.0 Å². The first kappa shape index (κ1) is 20.2. The minimum atomic E-state index is -3.76. The Bertz CT molecular complexity index is 1100. The van der Waals surface area contributed by atoms with Gasteiger partial charge in [0.05, 0.1) is 11.4 Å². The molecule has 12 heteroatoms. The SMILES string of the molecule is Cc1ccc(NS(=O)(=O)CCNC(=O)Nc2ccn(-c3ncccn3)n2)cc1F. The van der Waals surface area contributed by atoms with Gasteiger partial charge in [0, 0.05) is 31.2 Å². The Labute approximate surface area is 166 Å². The predicted molar refractivity (Wildman–Crippen MR) is 105 cm³/mol. The quantitative estimate of drug-likeness (QED) is 0.534. The zero-order valence-corrected chi connectivity index (χ0v) is 16.1. The molecule has 2 aromatic heterocycles. The van der Waals surface area contributed by atoms with Gasteiger partial charge >= 0.3 is 6.03 Å². The average molecular weight is 419 g/mol. The molecular weight excluding hydrogens is 401 g/mol. The molecule has 0 aliphatic heterocycles. The van der Waals surface area contributed by atoms with Crippen molar-refractivity contribution in [3.63, 3.8) is 0 Å². The van der Waals surface area contributed by atoms with E-state index in [1.807, 2.05) is 0 Å². The molecule has 0 aliphatic rings. The molecule has 0 spiro atoms. The lowest BCUT2D eigenvalue weighted by Crippen LogP contribution is -2.34. The van der Waals surface area contributed by atoms with Crippen molar-refractivity contribution in [2.24, 2.45) is 0 Å². The Morgan fingerprint density at radius 1 is 1.21 bits per heavy atom. The molecule has 0 saturated carbocycles. The lowest BCUT2D eigenvalue weighted by atomic mass is 10.2. The number of carbonyl (C=O) groups excluding carboxylic acids is 1. The van der Waals surface area contributed by atoms with Crippen molar-refractivity contribution in [2.75, 3.05) is 22.3 Å². The number of hydrogen-bond donors (Lipinski definition) is 3. The second kappa shape index (κ2) is 8.65. The van der Waals surface area contributed by atoms with Crippen LogP contribution in [0.15, 0.2) is 48.9 Å². The van der Waals surface area contributed by atoms with Crippen LogP contribution in [0.4, 0.5) is 20.7 Å². The number of benzene rings is 1. The molecule has 2 heterocycles. The molecule has 3 aromatic rings. The molecular formula is C17H18FN7O3S. The second-order valence-corrected chi connectivity index (χ2v) is 7.80. The van der Waals surface area contributed by atoms with Crippen molar-refractivity contribution in [2.45, 2.75) is 6.92 Å². The number of nitrogens with one attached hydrogen (secondary N) is 3. The monoisotopic (exact) mass is 419 g/mol. The maximum Gasteiger partial charge on any atom is 0.320 e. The number of urea groups is 1. The van der Waals surface area contributed by atoms with E-state index in [1.165, 1.54) is 16.8 Å². The summed E-state index contributed by atoms with van der Waals surface area (Å²) in [5, 5.41) is 9.00. The number of amides is 2. The number of anilines is 2. The van der Waals surface area contributed by atoms with Crippen LogP contribution in [0, 0.1) is 12.7 Å². The topological polar surface area (TPSA) is 131 Å². The highest BCUT2D eigenvalue weighted by molar-refractivity contribution is 7.92. The number of hydrogen-bond acceptors (Lipinski definition) is 6. The lowest BCUT2D eigenvalue weighted by molar-refractivity contribution is 0.252. The van der Waals surface area contributed by atoms with Crippen molar-refractivity contribution in [1.29, 1.82) is 0 Å². The molecule has 3 N–H and O–H groups in total. The number of aromatic nitrogens is 4. The van der Waals surface area contributed by atoms with Crippen molar-refractivity contribution in [3.8, 4) is 5.95 Å². The predicted octanol–water partition coefficient (Wildman–Crippen LogP) is 1.67. The van der Waals surface area contributed by atoms with E-state index in [2.05, 4.69) is 30.4 Å². The second-order valence-electron chi connectivity index (χ2n) is 5.96. The Kier molecular flexibility index (Phi) is 6.02. The average Bonchev–Trinajstić information content (AvgIpc) is 3.13. The van der Waals surface area contributed by atoms with Crippen LogP contribution in [0.25, 0.3) is 5.95 Å². The van der Waals surface area contributed by atoms with E-state index >= 15 is 0 Å². The van der Waals surface area contributed by atoms with Gasteiger partial charge in [-0.15, -0.1) is 5.10 Å². The molecule has 0 unspecified atom stereocenters. The maximum atomic E-state index is 13.5. The van der Waals surface area contributed by atoms with Crippen LogP contribution in [0.1, 0.15) is 5.56 Å². The molecule has 0 bridgehead atoms. The molecule has 0 fully saturated rings. The first-order valence-electron chi connectivity index (χ1n) is 8.47. The minimum Gasteiger partial charge on any atom is -0.337 e. The zero-order chi connectivity index (χ0) is 20.9. The van der Waals surface area contributed by atoms with Crippen LogP contribution in [0.3, 0.4) is 0 Å². The first-order chi connectivity index (χ1) is 13.8. The van der Waals surface area contributed by atoms with Gasteiger partial charge in [-0.25, -0.2) is 32.3 Å². The highest BCUT2D eigenvalue weighted by Gasteiger charge is 2.13. The summed E-state index contributed by atoms with van der Waals surface area (Å²) in [5.74, 6) is -0.317. The van der Waals surface area contributed by atoms with Crippen LogP contribution < -0.4 is 15.4 Å². The number of nitrogens with zero attached hydrogens (tertiary/aromatic N) is 4. The Morgan fingerprint density at radius 2 is 1.97 bits per heavy atom. The highest BCUT2D eigenvalue weighted by atomic mass is 32.2. The Hall–Kier alpha value is -3.54. The van der Waals surface area contributed by atoms with Gasteiger partial charge in [-0.2, -0.15) is 0 Å². The molecule has 2 amide bonds. The summed E-state index contributed by atoms with van der Waals surface area (Å²) >= 11 is 0. The largest absolute Gasteiger partial charge is 0.337 e. The maximum absolute atomic E-state index is 13.5. The van der Waals surface area contributed by atoms with E-state index in [1.54, 1.807) is 37.6 Å². The van der Waals surface area contributed by atoms with Crippen molar-refractivity contribution in [1.82, 2.24) is 25.1 Å². The fourth-order valence-corrected chi connectivity index (χ4v) is 3.22. The van der Waals surface area contributed by atoms with Crippen LogP contribution in [0.2, 0.25) is 0 Å². The summed E-state index contributed by atoms with van der Waals surface area (Å²) in [7, 11) is -3.76. The normalized spacial score (nSPS) is 11.1. The van der Waals surface area contributed by atoms with Crippen molar-refractivity contribution >= 4 is 27.6 Å². The molecule has 0 radical (unpaired) electrons. The summed E-state index contributed by atoms with van der Waals surface area (Å²) in [6.07, 6.45) is 4.69. The van der Waals surface area contributed by atoms with E-state index in [-0.39, 0.29) is 23.8 Å². The smallest absolute Gasteiger partial charge is 0.320 e. The van der Waals surface area contributed by atoms with Crippen LogP contribution in [-0.2, 0) is 10.0 Å². The fraction of sp³-hybridized carbons (Fsp3) is 0.176. The lowest BCUT2D eigenvalue weighted by Gasteiger charge is -2.10. The van der Waals surface area contributed by atoms with Crippen LogP contribution >= 0.6 is 0 Å². The summed E-state index contributed by atoms with van der Waals surface area (Å²) in [6, 6.07) is 6.61. The van der Waals surface area contributed by atoms with Gasteiger partial charge in [-0.1, -0.05) is 6.07 Å². The summed E-state index contributed by atoms with van der Waals surface area (Å²) in [5.41, 5.74) is 0.527. The van der Waals surface area contributed by atoms with E-state index in [4.69, 9.17) is 0 Å². The Balaban J connectivity index is 1.48. The number of halogens is 1. The standard InChI is InChI=1S/C17H18FN7O3S/c1-12-3-4-13(11-14(12)18)24-29(27,28)10-8-21-17(26)22-15-5-9-25(23-15)16-19-6-2-7-20-16/h2-7,9,11,24H,8,10H2,1H3,(H2,21,22,23,26). The van der Waals surface area contributed by atoms with E-state index in [9.17, 15) is 17.6 Å². The third-order valence-corrected chi connectivity index (χ3v) is 4.98. The fourth-order valence-electron chi connectivity index (χ4n) is 2.26. The number of sulfonamides is 1. The van der Waals surface area contributed by atoms with Crippen LogP contribution in [0.5, 0.6) is 0 Å². The highest BCUT2D eigenvalue weighted by Crippen LogP contribution is 2.14. The molecule has 29 heavy (non-hydrogen) atoms. The van der Waals surface area contributed by atoms with Crippen LogP contribution in [-0.4, -0.2) is 46.5 Å². The van der Waals surface area contributed by atoms with Gasteiger partial charge in [0.25, 0.3) is 0 Å². The van der Waals surface area contributed by atoms with Gasteiger partial charge in [-0.05, 0) is 30.7 Å². The zero-order valence-electron chi connectivity index (χ0n) is 15.3. The number of carbonyl (C=O) groups is 1. The third-order valence-electron chi connectivity index (χ3n) is 3.69. The van der Waals surface area contributed by atoms with E-state index in [0.717, 1.165) is 6.07 Å². The van der Waals surface area contributed by atoms with Crippen molar-refractivity contribution < 1.29 is 17.6 Å². The van der Waals surface area contributed by atoms with Gasteiger partial charge < -0.3 is 5.32 Å². The summed E-state index contributed by atoms with van der Waals surface area (Å²) < 4.78 is 41.3. The molecule has 0 aliphatic carbocycles. The summed E-state index contributed by atoms with van der Waals surface area (Å²) in [4.78, 5) is 20.0. The Morgan fingerprint density at radius 3 is 2.69 bits per heavy atom. The molecule has 0 saturated heterocycles. The number of aryl methyl sites for hydroxylation is 1. The molecule has 1 aromatic carbocycles. The van der Waals surface area contributed by atoms with E-state index in [0.29, 0.717) is 11.5 Å². The van der Waals surface area contributed by atoms with Gasteiger partial charge in [0.2, 0.25) is 16.0 Å². The van der Waals surface area contributed by atoms with Gasteiger partial charge in [0.1, 0.15) is 5.82 Å². The molecule has 152 valence electrons. The molecule has 10 nitrogen and oxygen atoms in total. The van der Waals surface area contributed by atoms with E-state index < -0.39 is 21.9 Å². The molecule has 0 atom stereocenters. The minimum absolute atomic E-state index is 0.117. The number of rotatable bonds is 7.